The average molecular weight is 436 g/mol. The molecule has 0 spiro atoms. The van der Waals surface area contributed by atoms with Gasteiger partial charge in [0.25, 0.3) is 0 Å². The van der Waals surface area contributed by atoms with Gasteiger partial charge in [-0.25, -0.2) is 9.18 Å². The molecule has 5 rings (SSSR count). The molecule has 0 atom stereocenters. The van der Waals surface area contributed by atoms with Gasteiger partial charge in [-0.2, -0.15) is 5.10 Å². The fourth-order valence-electron chi connectivity index (χ4n) is 3.74. The zero-order valence-corrected chi connectivity index (χ0v) is 17.2. The van der Waals surface area contributed by atoms with E-state index >= 15 is 4.39 Å². The second-order valence-corrected chi connectivity index (χ2v) is 7.64. The second-order valence-electron chi connectivity index (χ2n) is 7.64. The number of carbonyl (C=O) groups is 1. The standard InChI is InChI=1S/C23H21FN4O4/c24-22-17(12-27-9-10-30-15-27)3-1-4-18(22)14-28-13-16-6-7-19(11-20(16)32-23(28)29)31-21-5-2-8-25-26-21/h1-8,11H,9-10,12-15H2. The molecule has 0 bridgehead atoms. The Balaban J connectivity index is 1.29. The predicted molar refractivity (Wildman–Crippen MR) is 111 cm³/mol. The first kappa shape index (κ1) is 20.3. The van der Waals surface area contributed by atoms with E-state index in [1.165, 1.54) is 4.90 Å². The molecule has 0 N–H and O–H groups in total. The van der Waals surface area contributed by atoms with Gasteiger partial charge in [-0.05, 0) is 18.2 Å². The summed E-state index contributed by atoms with van der Waals surface area (Å²) in [6, 6.07) is 13.9. The molecule has 8 nitrogen and oxygen atoms in total. The van der Waals surface area contributed by atoms with Gasteiger partial charge in [0.15, 0.2) is 0 Å². The maximum absolute atomic E-state index is 15.1. The van der Waals surface area contributed by atoms with Crippen molar-refractivity contribution in [3.63, 3.8) is 0 Å². The molecular weight excluding hydrogens is 415 g/mol. The van der Waals surface area contributed by atoms with Crippen LogP contribution in [0.4, 0.5) is 9.18 Å². The molecule has 0 radical (unpaired) electrons. The van der Waals surface area contributed by atoms with Gasteiger partial charge in [-0.1, -0.05) is 18.2 Å². The predicted octanol–water partition coefficient (Wildman–Crippen LogP) is 3.71. The topological polar surface area (TPSA) is 77.0 Å². The van der Waals surface area contributed by atoms with E-state index in [1.807, 2.05) is 17.0 Å². The van der Waals surface area contributed by atoms with Gasteiger partial charge in [0, 0.05) is 48.1 Å². The number of nitrogens with zero attached hydrogens (tertiary/aromatic N) is 4. The summed E-state index contributed by atoms with van der Waals surface area (Å²) < 4.78 is 31.6. The van der Waals surface area contributed by atoms with Crippen LogP contribution < -0.4 is 9.47 Å². The highest BCUT2D eigenvalue weighted by atomic mass is 19.1. The number of amides is 1. The molecule has 2 aliphatic heterocycles. The smallest absolute Gasteiger partial charge is 0.415 e. The van der Waals surface area contributed by atoms with Gasteiger partial charge in [-0.15, -0.1) is 5.10 Å². The molecule has 0 unspecified atom stereocenters. The van der Waals surface area contributed by atoms with Crippen LogP contribution in [0.25, 0.3) is 0 Å². The van der Waals surface area contributed by atoms with E-state index in [0.717, 1.165) is 12.1 Å². The Morgan fingerprint density at radius 1 is 1.09 bits per heavy atom. The average Bonchev–Trinajstić information content (AvgIpc) is 3.31. The number of carbonyl (C=O) groups excluding carboxylic acids is 1. The fourth-order valence-corrected chi connectivity index (χ4v) is 3.74. The first-order valence-corrected chi connectivity index (χ1v) is 10.3. The van der Waals surface area contributed by atoms with Crippen molar-refractivity contribution in [3.05, 3.63) is 77.2 Å². The Bertz CT molecular complexity index is 1120. The summed E-state index contributed by atoms with van der Waals surface area (Å²) in [5.74, 6) is 0.934. The number of rotatable bonds is 6. The number of fused-ring (bicyclic) bond motifs is 1. The molecule has 1 aromatic heterocycles. The van der Waals surface area contributed by atoms with Crippen LogP contribution in [-0.4, -0.2) is 46.0 Å². The molecule has 0 aliphatic carbocycles. The Morgan fingerprint density at radius 3 is 2.75 bits per heavy atom. The molecule has 3 aromatic rings. The molecule has 1 fully saturated rings. The van der Waals surface area contributed by atoms with Crippen LogP contribution in [0.15, 0.2) is 54.7 Å². The quantitative estimate of drug-likeness (QED) is 0.583. The summed E-state index contributed by atoms with van der Waals surface area (Å²) in [5, 5.41) is 7.64. The lowest BCUT2D eigenvalue weighted by Gasteiger charge is -2.28. The second kappa shape index (κ2) is 8.89. The Morgan fingerprint density at radius 2 is 1.97 bits per heavy atom. The minimum atomic E-state index is -0.535. The number of hydrogen-bond acceptors (Lipinski definition) is 7. The molecule has 1 saturated heterocycles. The highest BCUT2D eigenvalue weighted by molar-refractivity contribution is 5.73. The summed E-state index contributed by atoms with van der Waals surface area (Å²) in [6.07, 6.45) is 1.02. The van der Waals surface area contributed by atoms with Crippen LogP contribution in [0.5, 0.6) is 17.4 Å². The van der Waals surface area contributed by atoms with Crippen molar-refractivity contribution in [2.45, 2.75) is 19.6 Å². The number of benzene rings is 2. The number of hydrogen-bond donors (Lipinski definition) is 0. The Hall–Kier alpha value is -3.56. The van der Waals surface area contributed by atoms with Crippen molar-refractivity contribution >= 4 is 6.09 Å². The zero-order chi connectivity index (χ0) is 21.9. The van der Waals surface area contributed by atoms with Crippen LogP contribution in [0, 0.1) is 5.82 Å². The first-order chi connectivity index (χ1) is 15.7. The van der Waals surface area contributed by atoms with E-state index < -0.39 is 6.09 Å². The number of ether oxygens (including phenoxy) is 3. The number of halogens is 1. The maximum atomic E-state index is 15.1. The van der Waals surface area contributed by atoms with Crippen molar-refractivity contribution in [2.24, 2.45) is 0 Å². The first-order valence-electron chi connectivity index (χ1n) is 10.3. The lowest BCUT2D eigenvalue weighted by atomic mass is 10.1. The summed E-state index contributed by atoms with van der Waals surface area (Å²) in [4.78, 5) is 16.1. The third kappa shape index (κ3) is 4.39. The van der Waals surface area contributed by atoms with Gasteiger partial charge in [0.2, 0.25) is 5.88 Å². The third-order valence-electron chi connectivity index (χ3n) is 5.37. The molecule has 9 heteroatoms. The number of aromatic nitrogens is 2. The monoisotopic (exact) mass is 436 g/mol. The van der Waals surface area contributed by atoms with Gasteiger partial charge < -0.3 is 14.2 Å². The summed E-state index contributed by atoms with van der Waals surface area (Å²) in [6.45, 7) is 2.84. The molecule has 0 saturated carbocycles. The van der Waals surface area contributed by atoms with Gasteiger partial charge in [-0.3, -0.25) is 9.80 Å². The van der Waals surface area contributed by atoms with E-state index in [-0.39, 0.29) is 12.4 Å². The molecule has 1 amide bonds. The van der Waals surface area contributed by atoms with Gasteiger partial charge in [0.05, 0.1) is 26.4 Å². The van der Waals surface area contributed by atoms with Gasteiger partial charge in [0.1, 0.15) is 17.3 Å². The molecule has 2 aliphatic rings. The largest absolute Gasteiger partial charge is 0.437 e. The molecule has 32 heavy (non-hydrogen) atoms. The van der Waals surface area contributed by atoms with E-state index in [1.54, 1.807) is 42.6 Å². The molecule has 164 valence electrons. The molecule has 3 heterocycles. The van der Waals surface area contributed by atoms with Crippen LogP contribution in [-0.2, 0) is 24.4 Å². The summed E-state index contributed by atoms with van der Waals surface area (Å²) in [7, 11) is 0. The van der Waals surface area contributed by atoms with Crippen molar-refractivity contribution in [3.8, 4) is 17.4 Å². The maximum Gasteiger partial charge on any atom is 0.415 e. The van der Waals surface area contributed by atoms with Crippen LogP contribution in [0.3, 0.4) is 0 Å². The third-order valence-corrected chi connectivity index (χ3v) is 5.37. The van der Waals surface area contributed by atoms with E-state index in [4.69, 9.17) is 14.2 Å². The zero-order valence-electron chi connectivity index (χ0n) is 17.2. The van der Waals surface area contributed by atoms with Crippen molar-refractivity contribution in [1.82, 2.24) is 20.0 Å². The Labute approximate surface area is 184 Å². The highest BCUT2D eigenvalue weighted by Crippen LogP contribution is 2.32. The van der Waals surface area contributed by atoms with Crippen molar-refractivity contribution in [1.29, 1.82) is 0 Å². The van der Waals surface area contributed by atoms with E-state index in [0.29, 0.717) is 54.9 Å². The van der Waals surface area contributed by atoms with E-state index in [2.05, 4.69) is 10.2 Å². The summed E-state index contributed by atoms with van der Waals surface area (Å²) in [5.41, 5.74) is 1.84. The van der Waals surface area contributed by atoms with E-state index in [9.17, 15) is 4.79 Å². The van der Waals surface area contributed by atoms with Crippen molar-refractivity contribution in [2.75, 3.05) is 19.9 Å². The van der Waals surface area contributed by atoms with Gasteiger partial charge >= 0.3 is 6.09 Å². The molecular formula is C23H21FN4O4. The van der Waals surface area contributed by atoms with Crippen LogP contribution >= 0.6 is 0 Å². The SMILES string of the molecule is O=C1Oc2cc(Oc3cccnn3)ccc2CN1Cc1cccc(CN2CCOC2)c1F. The highest BCUT2D eigenvalue weighted by Gasteiger charge is 2.27. The van der Waals surface area contributed by atoms with Crippen LogP contribution in [0.2, 0.25) is 0 Å². The lowest BCUT2D eigenvalue weighted by Crippen LogP contribution is -2.36. The Kier molecular flexibility index (Phi) is 5.66. The molecule has 2 aromatic carbocycles. The van der Waals surface area contributed by atoms with Crippen LogP contribution in [0.1, 0.15) is 16.7 Å². The normalized spacial score (nSPS) is 16.0. The van der Waals surface area contributed by atoms with Crippen molar-refractivity contribution < 1.29 is 23.4 Å². The minimum absolute atomic E-state index is 0.117. The summed E-state index contributed by atoms with van der Waals surface area (Å²) >= 11 is 0. The fraction of sp³-hybridized carbons (Fsp3) is 0.261. The minimum Gasteiger partial charge on any atom is -0.437 e. The lowest BCUT2D eigenvalue weighted by molar-refractivity contribution is 0.133.